The molecule has 0 saturated heterocycles. The van der Waals surface area contributed by atoms with Gasteiger partial charge in [0.25, 0.3) is 5.69 Å². The highest BCUT2D eigenvalue weighted by molar-refractivity contribution is 5.72. The van der Waals surface area contributed by atoms with E-state index in [9.17, 15) is 14.9 Å². The van der Waals surface area contributed by atoms with Crippen LogP contribution in [-0.4, -0.2) is 39.6 Å². The van der Waals surface area contributed by atoms with Gasteiger partial charge in [0.05, 0.1) is 10.6 Å². The summed E-state index contributed by atoms with van der Waals surface area (Å²) in [5, 5.41) is 10.8. The summed E-state index contributed by atoms with van der Waals surface area (Å²) in [6.07, 6.45) is 3.50. The van der Waals surface area contributed by atoms with E-state index < -0.39 is 10.5 Å². The molecule has 2 rings (SSSR count). The fourth-order valence-electron chi connectivity index (χ4n) is 2.37. The molecule has 1 aliphatic rings. The largest absolute Gasteiger partial charge is 0.444 e. The number of hydrogen-bond donors (Lipinski definition) is 0. The first kappa shape index (κ1) is 16.9. The van der Waals surface area contributed by atoms with Crippen molar-refractivity contribution in [3.05, 3.63) is 39.7 Å². The molecule has 124 valence electrons. The molecule has 23 heavy (non-hydrogen) atoms. The fraction of sp³-hybridized carbons (Fsp3) is 0.500. The molecule has 0 aliphatic carbocycles. The van der Waals surface area contributed by atoms with Crippen molar-refractivity contribution in [3.8, 4) is 0 Å². The van der Waals surface area contributed by atoms with Crippen LogP contribution in [0.25, 0.3) is 5.57 Å². The Morgan fingerprint density at radius 3 is 2.61 bits per heavy atom. The van der Waals surface area contributed by atoms with Gasteiger partial charge in [0.2, 0.25) is 0 Å². The number of nitrogens with zero attached hydrogens (tertiary/aromatic N) is 3. The summed E-state index contributed by atoms with van der Waals surface area (Å²) in [6.45, 7) is 8.29. The predicted octanol–water partition coefficient (Wildman–Crippen LogP) is 3.32. The molecule has 0 fully saturated rings. The summed E-state index contributed by atoms with van der Waals surface area (Å²) in [4.78, 5) is 28.2. The number of carbonyl (C=O) groups excluding carboxylic acids is 1. The van der Waals surface area contributed by atoms with Crippen LogP contribution in [0.15, 0.2) is 18.3 Å². The van der Waals surface area contributed by atoms with E-state index in [-0.39, 0.29) is 11.8 Å². The molecule has 0 unspecified atom stereocenters. The molecule has 1 aromatic rings. The van der Waals surface area contributed by atoms with Gasteiger partial charge in [-0.15, -0.1) is 0 Å². The number of rotatable bonds is 2. The quantitative estimate of drug-likeness (QED) is 0.616. The van der Waals surface area contributed by atoms with Crippen LogP contribution in [0.4, 0.5) is 10.5 Å². The first-order valence-electron chi connectivity index (χ1n) is 7.46. The third-order valence-electron chi connectivity index (χ3n) is 3.44. The van der Waals surface area contributed by atoms with Crippen molar-refractivity contribution in [2.45, 2.75) is 39.7 Å². The van der Waals surface area contributed by atoms with Crippen molar-refractivity contribution in [3.63, 3.8) is 0 Å². The van der Waals surface area contributed by atoms with Gasteiger partial charge < -0.3 is 9.64 Å². The second-order valence-electron chi connectivity index (χ2n) is 6.52. The number of hydrogen-bond acceptors (Lipinski definition) is 5. The summed E-state index contributed by atoms with van der Waals surface area (Å²) in [5.41, 5.74) is 1.98. The van der Waals surface area contributed by atoms with Crippen LogP contribution in [0, 0.1) is 17.0 Å². The summed E-state index contributed by atoms with van der Waals surface area (Å²) in [6, 6.07) is 1.52. The molecule has 0 spiro atoms. The second-order valence-corrected chi connectivity index (χ2v) is 6.52. The number of ether oxygens (including phenoxy) is 1. The standard InChI is InChI=1S/C16H21N3O4/c1-11-9-13(19(21)22)10-17-14(11)12-5-7-18(8-6-12)15(20)23-16(2,3)4/h5,9-10H,6-8H2,1-4H3. The number of pyridine rings is 1. The maximum Gasteiger partial charge on any atom is 0.410 e. The lowest BCUT2D eigenvalue weighted by atomic mass is 10.0. The molecular weight excluding hydrogens is 298 g/mol. The molecule has 7 nitrogen and oxygen atoms in total. The SMILES string of the molecule is Cc1cc([N+](=O)[O-])cnc1C1=CCN(C(=O)OC(C)(C)C)CC1. The molecule has 1 aliphatic heterocycles. The van der Waals surface area contributed by atoms with Crippen LogP contribution in [0.2, 0.25) is 0 Å². The Kier molecular flexibility index (Phi) is 4.68. The molecule has 0 N–H and O–H groups in total. The number of amides is 1. The van der Waals surface area contributed by atoms with Gasteiger partial charge in [-0.3, -0.25) is 10.1 Å². The molecule has 0 atom stereocenters. The van der Waals surface area contributed by atoms with Gasteiger partial charge in [0.15, 0.2) is 0 Å². The van der Waals surface area contributed by atoms with Gasteiger partial charge in [-0.2, -0.15) is 0 Å². The lowest BCUT2D eigenvalue weighted by Gasteiger charge is -2.29. The zero-order valence-corrected chi connectivity index (χ0v) is 13.8. The molecule has 7 heteroatoms. The Hall–Kier alpha value is -2.44. The first-order valence-corrected chi connectivity index (χ1v) is 7.46. The average molecular weight is 319 g/mol. The minimum atomic E-state index is -0.516. The molecule has 0 bridgehead atoms. The Labute approximate surface area is 135 Å². The molecular formula is C16H21N3O4. The lowest BCUT2D eigenvalue weighted by molar-refractivity contribution is -0.385. The third-order valence-corrected chi connectivity index (χ3v) is 3.44. The van der Waals surface area contributed by atoms with Crippen LogP contribution >= 0.6 is 0 Å². The van der Waals surface area contributed by atoms with E-state index in [2.05, 4.69) is 4.98 Å². The van der Waals surface area contributed by atoms with Crippen LogP contribution in [0.3, 0.4) is 0 Å². The topological polar surface area (TPSA) is 85.6 Å². The highest BCUT2D eigenvalue weighted by Gasteiger charge is 2.24. The third kappa shape index (κ3) is 4.28. The van der Waals surface area contributed by atoms with Crippen molar-refractivity contribution in [1.82, 2.24) is 9.88 Å². The summed E-state index contributed by atoms with van der Waals surface area (Å²) in [7, 11) is 0. The maximum absolute atomic E-state index is 12.0. The van der Waals surface area contributed by atoms with Crippen LogP contribution in [0.1, 0.15) is 38.4 Å². The fourth-order valence-corrected chi connectivity index (χ4v) is 2.37. The maximum atomic E-state index is 12.0. The summed E-state index contributed by atoms with van der Waals surface area (Å²) >= 11 is 0. The van der Waals surface area contributed by atoms with Gasteiger partial charge in [-0.25, -0.2) is 9.78 Å². The van der Waals surface area contributed by atoms with E-state index in [0.29, 0.717) is 19.5 Å². The number of aryl methyl sites for hydroxylation is 1. The normalized spacial score (nSPS) is 15.1. The zero-order chi connectivity index (χ0) is 17.2. The molecule has 1 aromatic heterocycles. The molecule has 0 radical (unpaired) electrons. The van der Waals surface area contributed by atoms with Gasteiger partial charge in [0.1, 0.15) is 11.8 Å². The van der Waals surface area contributed by atoms with Gasteiger partial charge in [-0.05, 0) is 45.3 Å². The van der Waals surface area contributed by atoms with E-state index >= 15 is 0 Å². The summed E-state index contributed by atoms with van der Waals surface area (Å²) in [5.74, 6) is 0. The number of aromatic nitrogens is 1. The zero-order valence-electron chi connectivity index (χ0n) is 13.8. The molecule has 2 heterocycles. The number of nitro groups is 1. The first-order chi connectivity index (χ1) is 10.7. The highest BCUT2D eigenvalue weighted by atomic mass is 16.6. The highest BCUT2D eigenvalue weighted by Crippen LogP contribution is 2.26. The van der Waals surface area contributed by atoms with Gasteiger partial charge in [-0.1, -0.05) is 6.08 Å². The van der Waals surface area contributed by atoms with E-state index in [1.807, 2.05) is 26.8 Å². The smallest absolute Gasteiger partial charge is 0.410 e. The average Bonchev–Trinajstić information content (AvgIpc) is 2.45. The van der Waals surface area contributed by atoms with Gasteiger partial charge in [0, 0.05) is 19.2 Å². The van der Waals surface area contributed by atoms with Gasteiger partial charge >= 0.3 is 6.09 Å². The molecule has 0 saturated carbocycles. The van der Waals surface area contributed by atoms with E-state index in [1.165, 1.54) is 12.3 Å². The Morgan fingerprint density at radius 1 is 1.43 bits per heavy atom. The Balaban J connectivity index is 2.10. The van der Waals surface area contributed by atoms with Crippen molar-refractivity contribution in [2.75, 3.05) is 13.1 Å². The van der Waals surface area contributed by atoms with Crippen molar-refractivity contribution < 1.29 is 14.5 Å². The van der Waals surface area contributed by atoms with E-state index in [0.717, 1.165) is 16.8 Å². The minimum absolute atomic E-state index is 0.0157. The Bertz CT molecular complexity index is 662. The van der Waals surface area contributed by atoms with Crippen molar-refractivity contribution >= 4 is 17.4 Å². The monoisotopic (exact) mass is 319 g/mol. The summed E-state index contributed by atoms with van der Waals surface area (Å²) < 4.78 is 5.35. The van der Waals surface area contributed by atoms with Crippen LogP contribution in [-0.2, 0) is 4.74 Å². The van der Waals surface area contributed by atoms with Crippen LogP contribution < -0.4 is 0 Å². The van der Waals surface area contributed by atoms with E-state index in [1.54, 1.807) is 11.8 Å². The Morgan fingerprint density at radius 2 is 2.13 bits per heavy atom. The molecule has 1 amide bonds. The lowest BCUT2D eigenvalue weighted by Crippen LogP contribution is -2.39. The molecule has 0 aromatic carbocycles. The van der Waals surface area contributed by atoms with Crippen LogP contribution in [0.5, 0.6) is 0 Å². The number of carbonyl (C=O) groups is 1. The minimum Gasteiger partial charge on any atom is -0.444 e. The van der Waals surface area contributed by atoms with Crippen molar-refractivity contribution in [1.29, 1.82) is 0 Å². The van der Waals surface area contributed by atoms with E-state index in [4.69, 9.17) is 4.74 Å². The van der Waals surface area contributed by atoms with Crippen molar-refractivity contribution in [2.24, 2.45) is 0 Å². The second kappa shape index (κ2) is 6.36. The predicted molar refractivity (Wildman–Crippen MR) is 86.0 cm³/mol.